The van der Waals surface area contributed by atoms with Gasteiger partial charge < -0.3 is 14.8 Å². The van der Waals surface area contributed by atoms with Gasteiger partial charge in [-0.1, -0.05) is 12.1 Å². The summed E-state index contributed by atoms with van der Waals surface area (Å²) in [7, 11) is 1.85. The third kappa shape index (κ3) is 2.11. The van der Waals surface area contributed by atoms with Crippen LogP contribution in [0.25, 0.3) is 0 Å². The van der Waals surface area contributed by atoms with E-state index >= 15 is 0 Å². The number of aryl methyl sites for hydroxylation is 2. The molecule has 2 aliphatic rings. The third-order valence-electron chi connectivity index (χ3n) is 4.11. The van der Waals surface area contributed by atoms with Crippen molar-refractivity contribution in [3.63, 3.8) is 0 Å². The highest BCUT2D eigenvalue weighted by Crippen LogP contribution is 2.32. The maximum Gasteiger partial charge on any atom is 0.270 e. The van der Waals surface area contributed by atoms with Crippen LogP contribution >= 0.6 is 0 Å². The number of nitrogens with one attached hydrogen (secondary N) is 1. The Kier molecular flexibility index (Phi) is 3.03. The molecule has 1 atom stereocenters. The number of aromatic nitrogens is 2. The maximum atomic E-state index is 12.5. The summed E-state index contributed by atoms with van der Waals surface area (Å²) in [5.74, 6) is 1.85. The Balaban J connectivity index is 1.52. The second kappa shape index (κ2) is 5.05. The maximum absolute atomic E-state index is 12.5. The quantitative estimate of drug-likeness (QED) is 0.916. The van der Waals surface area contributed by atoms with Crippen molar-refractivity contribution in [1.82, 2.24) is 9.78 Å². The average molecular weight is 299 g/mol. The van der Waals surface area contributed by atoms with E-state index in [9.17, 15) is 4.79 Å². The lowest BCUT2D eigenvalue weighted by Gasteiger charge is -2.25. The molecular formula is C16H17N3O3. The standard InChI is InChI=1S/C16H17N3O3/c1-19-15(10-5-4-6-11(10)18-19)17-16(20)14-9-21-12-7-2-3-8-13(12)22-14/h2-3,7-8,14H,4-6,9H2,1H3,(H,17,20)/t14-/m0/s1. The molecule has 6 nitrogen and oxygen atoms in total. The van der Waals surface area contributed by atoms with Crippen molar-refractivity contribution in [2.75, 3.05) is 11.9 Å². The molecule has 0 radical (unpaired) electrons. The van der Waals surface area contributed by atoms with Crippen LogP contribution in [0.1, 0.15) is 17.7 Å². The zero-order valence-electron chi connectivity index (χ0n) is 12.3. The van der Waals surface area contributed by atoms with E-state index in [-0.39, 0.29) is 12.5 Å². The van der Waals surface area contributed by atoms with Crippen LogP contribution in [0, 0.1) is 0 Å². The molecule has 6 heteroatoms. The molecule has 1 aromatic heterocycles. The molecule has 1 aromatic carbocycles. The van der Waals surface area contributed by atoms with E-state index in [0.717, 1.165) is 36.3 Å². The van der Waals surface area contributed by atoms with Crippen LogP contribution in [-0.2, 0) is 24.7 Å². The Hall–Kier alpha value is -2.50. The largest absolute Gasteiger partial charge is 0.485 e. The zero-order chi connectivity index (χ0) is 15.1. The fraction of sp³-hybridized carbons (Fsp3) is 0.375. The van der Waals surface area contributed by atoms with Gasteiger partial charge in [-0.05, 0) is 31.4 Å². The molecular weight excluding hydrogens is 282 g/mol. The van der Waals surface area contributed by atoms with E-state index in [1.54, 1.807) is 10.7 Å². The molecule has 22 heavy (non-hydrogen) atoms. The van der Waals surface area contributed by atoms with Gasteiger partial charge in [0.15, 0.2) is 11.5 Å². The summed E-state index contributed by atoms with van der Waals surface area (Å²) in [6.07, 6.45) is 2.39. The van der Waals surface area contributed by atoms with Gasteiger partial charge in [0.2, 0.25) is 6.10 Å². The number of hydrogen-bond donors (Lipinski definition) is 1. The van der Waals surface area contributed by atoms with E-state index in [1.165, 1.54) is 0 Å². The number of benzene rings is 1. The second-order valence-electron chi connectivity index (χ2n) is 5.60. The van der Waals surface area contributed by atoms with Gasteiger partial charge in [-0.2, -0.15) is 5.10 Å². The molecule has 1 aliphatic carbocycles. The Labute approximate surface area is 128 Å². The number of para-hydroxylation sites is 2. The van der Waals surface area contributed by atoms with E-state index in [1.807, 2.05) is 25.2 Å². The van der Waals surface area contributed by atoms with Crippen molar-refractivity contribution >= 4 is 11.7 Å². The minimum atomic E-state index is -0.651. The van der Waals surface area contributed by atoms with Crippen LogP contribution in [0.4, 0.5) is 5.82 Å². The monoisotopic (exact) mass is 299 g/mol. The van der Waals surface area contributed by atoms with Crippen molar-refractivity contribution in [1.29, 1.82) is 0 Å². The first-order chi connectivity index (χ1) is 10.7. The molecule has 0 unspecified atom stereocenters. The van der Waals surface area contributed by atoms with Gasteiger partial charge in [0, 0.05) is 12.6 Å². The van der Waals surface area contributed by atoms with Crippen molar-refractivity contribution in [3.8, 4) is 11.5 Å². The summed E-state index contributed by atoms with van der Waals surface area (Å²) in [5, 5.41) is 7.40. The van der Waals surface area contributed by atoms with Crippen LogP contribution < -0.4 is 14.8 Å². The third-order valence-corrected chi connectivity index (χ3v) is 4.11. The summed E-state index contributed by atoms with van der Waals surface area (Å²) >= 11 is 0. The van der Waals surface area contributed by atoms with Crippen molar-refractivity contribution < 1.29 is 14.3 Å². The molecule has 114 valence electrons. The van der Waals surface area contributed by atoms with Crippen LogP contribution in [0.2, 0.25) is 0 Å². The van der Waals surface area contributed by atoms with Crippen LogP contribution in [0.3, 0.4) is 0 Å². The number of fused-ring (bicyclic) bond motifs is 2. The predicted molar refractivity (Wildman–Crippen MR) is 80.2 cm³/mol. The molecule has 4 rings (SSSR count). The van der Waals surface area contributed by atoms with Gasteiger partial charge in [-0.3, -0.25) is 9.48 Å². The predicted octanol–water partition coefficient (Wildman–Crippen LogP) is 1.69. The van der Waals surface area contributed by atoms with Gasteiger partial charge in [0.25, 0.3) is 5.91 Å². The molecule has 1 amide bonds. The molecule has 0 saturated carbocycles. The zero-order valence-corrected chi connectivity index (χ0v) is 12.3. The first kappa shape index (κ1) is 13.2. The van der Waals surface area contributed by atoms with Gasteiger partial charge in [-0.25, -0.2) is 0 Å². The highest BCUT2D eigenvalue weighted by Gasteiger charge is 2.29. The fourth-order valence-corrected chi connectivity index (χ4v) is 3.02. The Morgan fingerprint density at radius 3 is 3.00 bits per heavy atom. The molecule has 1 N–H and O–H groups in total. The summed E-state index contributed by atoms with van der Waals surface area (Å²) in [6.45, 7) is 0.211. The average Bonchev–Trinajstić information content (AvgIpc) is 3.09. The van der Waals surface area contributed by atoms with Gasteiger partial charge >= 0.3 is 0 Å². The topological polar surface area (TPSA) is 65.4 Å². The second-order valence-corrected chi connectivity index (χ2v) is 5.60. The first-order valence-corrected chi connectivity index (χ1v) is 7.46. The lowest BCUT2D eigenvalue weighted by molar-refractivity contribution is -0.125. The number of nitrogens with zero attached hydrogens (tertiary/aromatic N) is 2. The highest BCUT2D eigenvalue weighted by atomic mass is 16.6. The molecule has 0 saturated heterocycles. The summed E-state index contributed by atoms with van der Waals surface area (Å²) in [6, 6.07) is 7.37. The molecule has 2 heterocycles. The Morgan fingerprint density at radius 1 is 1.32 bits per heavy atom. The van der Waals surface area contributed by atoms with Gasteiger partial charge in [0.05, 0.1) is 5.69 Å². The lowest BCUT2D eigenvalue weighted by atomic mass is 10.2. The fourth-order valence-electron chi connectivity index (χ4n) is 3.02. The van der Waals surface area contributed by atoms with E-state index < -0.39 is 6.10 Å². The minimum Gasteiger partial charge on any atom is -0.485 e. The molecule has 0 bridgehead atoms. The Morgan fingerprint density at radius 2 is 2.14 bits per heavy atom. The van der Waals surface area contributed by atoms with Crippen LogP contribution in [-0.4, -0.2) is 28.4 Å². The molecule has 2 aromatic rings. The number of anilines is 1. The number of rotatable bonds is 2. The normalized spacial score (nSPS) is 18.9. The number of hydrogen-bond acceptors (Lipinski definition) is 4. The van der Waals surface area contributed by atoms with Crippen molar-refractivity contribution in [3.05, 3.63) is 35.5 Å². The van der Waals surface area contributed by atoms with E-state index in [4.69, 9.17) is 9.47 Å². The molecule has 0 fully saturated rings. The van der Waals surface area contributed by atoms with E-state index in [0.29, 0.717) is 11.5 Å². The van der Waals surface area contributed by atoms with Crippen LogP contribution in [0.5, 0.6) is 11.5 Å². The van der Waals surface area contributed by atoms with Crippen molar-refractivity contribution in [2.45, 2.75) is 25.4 Å². The highest BCUT2D eigenvalue weighted by molar-refractivity contribution is 5.94. The van der Waals surface area contributed by atoms with Gasteiger partial charge in [-0.15, -0.1) is 0 Å². The van der Waals surface area contributed by atoms with Crippen LogP contribution in [0.15, 0.2) is 24.3 Å². The minimum absolute atomic E-state index is 0.202. The first-order valence-electron chi connectivity index (χ1n) is 7.46. The number of carbonyl (C=O) groups is 1. The summed E-state index contributed by atoms with van der Waals surface area (Å²) in [5.41, 5.74) is 2.23. The summed E-state index contributed by atoms with van der Waals surface area (Å²) in [4.78, 5) is 12.5. The SMILES string of the molecule is Cn1nc2c(c1NC(=O)[C@@H]1COc3ccccc3O1)CCC2. The lowest BCUT2D eigenvalue weighted by Crippen LogP contribution is -2.40. The molecule has 1 aliphatic heterocycles. The number of amides is 1. The van der Waals surface area contributed by atoms with Crippen molar-refractivity contribution in [2.24, 2.45) is 7.05 Å². The number of carbonyl (C=O) groups excluding carboxylic acids is 1. The number of ether oxygens (including phenoxy) is 2. The van der Waals surface area contributed by atoms with Gasteiger partial charge in [0.1, 0.15) is 12.4 Å². The van der Waals surface area contributed by atoms with E-state index in [2.05, 4.69) is 10.4 Å². The smallest absolute Gasteiger partial charge is 0.270 e. The Bertz CT molecular complexity index is 738. The molecule has 0 spiro atoms. The summed E-state index contributed by atoms with van der Waals surface area (Å²) < 4.78 is 13.1.